The normalized spacial score (nSPS) is 33.2. The highest BCUT2D eigenvalue weighted by atomic mass is 19.1. The van der Waals surface area contributed by atoms with E-state index >= 15 is 0 Å². The standard InChI is InChI=1S/C20H29FN2O/c1-20(2)18(16-9-12-24-19(16)20)22-15-7-10-23(11-8-15)13-14-5-3-4-6-17(14)21/h3-6,15-16,18-19,22H,7-13H2,1-2H3/t16-,18+,19-/m0/s1. The molecule has 3 nitrogen and oxygen atoms in total. The van der Waals surface area contributed by atoms with Gasteiger partial charge in [0, 0.05) is 42.1 Å². The first kappa shape index (κ1) is 16.5. The molecule has 0 unspecified atom stereocenters. The smallest absolute Gasteiger partial charge is 0.127 e. The number of nitrogens with zero attached hydrogens (tertiary/aromatic N) is 1. The fourth-order valence-corrected chi connectivity index (χ4v) is 5.04. The molecule has 0 amide bonds. The van der Waals surface area contributed by atoms with Crippen LogP contribution in [-0.4, -0.2) is 42.8 Å². The molecule has 0 radical (unpaired) electrons. The summed E-state index contributed by atoms with van der Waals surface area (Å²) < 4.78 is 19.7. The number of rotatable bonds is 4. The lowest BCUT2D eigenvalue weighted by molar-refractivity contribution is -0.116. The molecule has 3 aliphatic rings. The number of likely N-dealkylation sites (tertiary alicyclic amines) is 1. The van der Waals surface area contributed by atoms with Gasteiger partial charge in [-0.25, -0.2) is 4.39 Å². The predicted molar refractivity (Wildman–Crippen MR) is 93.3 cm³/mol. The van der Waals surface area contributed by atoms with E-state index in [0.29, 0.717) is 24.1 Å². The molecule has 2 heterocycles. The van der Waals surface area contributed by atoms with Crippen molar-refractivity contribution < 1.29 is 9.13 Å². The van der Waals surface area contributed by atoms with Crippen LogP contribution in [0.2, 0.25) is 0 Å². The summed E-state index contributed by atoms with van der Waals surface area (Å²) >= 11 is 0. The maximum absolute atomic E-state index is 13.8. The zero-order valence-corrected chi connectivity index (χ0v) is 14.8. The van der Waals surface area contributed by atoms with E-state index in [9.17, 15) is 4.39 Å². The monoisotopic (exact) mass is 332 g/mol. The molecule has 3 atom stereocenters. The first-order valence-corrected chi connectivity index (χ1v) is 9.39. The van der Waals surface area contributed by atoms with E-state index in [4.69, 9.17) is 4.74 Å². The number of halogens is 1. The van der Waals surface area contributed by atoms with Crippen LogP contribution in [0.3, 0.4) is 0 Å². The minimum Gasteiger partial charge on any atom is -0.377 e. The minimum absolute atomic E-state index is 0.0822. The van der Waals surface area contributed by atoms with Gasteiger partial charge in [0.1, 0.15) is 5.82 Å². The summed E-state index contributed by atoms with van der Waals surface area (Å²) in [6.45, 7) is 8.42. The Balaban J connectivity index is 1.28. The van der Waals surface area contributed by atoms with Crippen molar-refractivity contribution in [3.63, 3.8) is 0 Å². The lowest BCUT2D eigenvalue weighted by atomic mass is 9.57. The van der Waals surface area contributed by atoms with Crippen LogP contribution >= 0.6 is 0 Å². The van der Waals surface area contributed by atoms with E-state index in [-0.39, 0.29) is 11.2 Å². The van der Waals surface area contributed by atoms with E-state index < -0.39 is 0 Å². The van der Waals surface area contributed by atoms with Crippen LogP contribution in [0.25, 0.3) is 0 Å². The number of nitrogens with one attached hydrogen (secondary N) is 1. The maximum Gasteiger partial charge on any atom is 0.127 e. The summed E-state index contributed by atoms with van der Waals surface area (Å²) in [6, 6.07) is 8.32. The van der Waals surface area contributed by atoms with E-state index in [2.05, 4.69) is 24.1 Å². The van der Waals surface area contributed by atoms with Crippen molar-refractivity contribution in [1.29, 1.82) is 0 Å². The van der Waals surface area contributed by atoms with Crippen LogP contribution in [0, 0.1) is 17.2 Å². The van der Waals surface area contributed by atoms with Crippen molar-refractivity contribution in [1.82, 2.24) is 10.2 Å². The summed E-state index contributed by atoms with van der Waals surface area (Å²) in [5, 5.41) is 3.93. The molecule has 1 N–H and O–H groups in total. The van der Waals surface area contributed by atoms with E-state index in [1.165, 1.54) is 6.42 Å². The molecule has 4 heteroatoms. The largest absolute Gasteiger partial charge is 0.377 e. The molecule has 0 aromatic heterocycles. The number of ether oxygens (including phenoxy) is 1. The molecule has 0 spiro atoms. The Morgan fingerprint density at radius 3 is 2.71 bits per heavy atom. The summed E-state index contributed by atoms with van der Waals surface area (Å²) in [4.78, 5) is 2.38. The fourth-order valence-electron chi connectivity index (χ4n) is 5.04. The Bertz CT molecular complexity index is 583. The topological polar surface area (TPSA) is 24.5 Å². The van der Waals surface area contributed by atoms with Gasteiger partial charge in [0.05, 0.1) is 6.10 Å². The van der Waals surface area contributed by atoms with E-state index in [1.807, 2.05) is 12.1 Å². The van der Waals surface area contributed by atoms with Gasteiger partial charge < -0.3 is 10.1 Å². The van der Waals surface area contributed by atoms with Crippen molar-refractivity contribution in [2.75, 3.05) is 19.7 Å². The predicted octanol–water partition coefficient (Wildman–Crippen LogP) is 3.19. The number of benzene rings is 1. The fraction of sp³-hybridized carbons (Fsp3) is 0.700. The quantitative estimate of drug-likeness (QED) is 0.916. The van der Waals surface area contributed by atoms with Crippen molar-refractivity contribution >= 4 is 0 Å². The highest BCUT2D eigenvalue weighted by Crippen LogP contribution is 2.52. The molecular formula is C20H29FN2O. The molecule has 1 aromatic rings. The molecule has 4 rings (SSSR count). The van der Waals surface area contributed by atoms with Crippen LogP contribution in [0.1, 0.15) is 38.7 Å². The second-order valence-corrected chi connectivity index (χ2v) is 8.35. The Hall–Kier alpha value is -0.970. The molecule has 2 aliphatic heterocycles. The van der Waals surface area contributed by atoms with Crippen molar-refractivity contribution in [3.05, 3.63) is 35.6 Å². The lowest BCUT2D eigenvalue weighted by Crippen LogP contribution is -2.67. The SMILES string of the molecule is CC1(C)[C@H](NC2CCN(Cc3ccccc3F)CC2)[C@@H]2CCO[C@@H]21. The third-order valence-corrected chi connectivity index (χ3v) is 6.46. The molecular weight excluding hydrogens is 303 g/mol. The lowest BCUT2D eigenvalue weighted by Gasteiger charge is -2.56. The van der Waals surface area contributed by atoms with Gasteiger partial charge in [-0.05, 0) is 38.4 Å². The van der Waals surface area contributed by atoms with Crippen LogP contribution in [0.15, 0.2) is 24.3 Å². The molecule has 3 fully saturated rings. The second kappa shape index (κ2) is 6.40. The molecule has 0 bridgehead atoms. The van der Waals surface area contributed by atoms with Gasteiger partial charge in [-0.3, -0.25) is 4.90 Å². The van der Waals surface area contributed by atoms with Gasteiger partial charge in [0.25, 0.3) is 0 Å². The van der Waals surface area contributed by atoms with Crippen LogP contribution in [0.5, 0.6) is 0 Å². The number of fused-ring (bicyclic) bond motifs is 1. The van der Waals surface area contributed by atoms with Gasteiger partial charge in [-0.1, -0.05) is 32.0 Å². The second-order valence-electron chi connectivity index (χ2n) is 8.35. The highest BCUT2D eigenvalue weighted by molar-refractivity contribution is 5.17. The van der Waals surface area contributed by atoms with E-state index in [0.717, 1.165) is 44.6 Å². The number of hydrogen-bond donors (Lipinski definition) is 1. The zero-order chi connectivity index (χ0) is 16.7. The maximum atomic E-state index is 13.8. The minimum atomic E-state index is -0.0822. The van der Waals surface area contributed by atoms with Crippen molar-refractivity contribution in [2.45, 2.75) is 57.8 Å². The molecule has 2 saturated heterocycles. The average molecular weight is 332 g/mol. The Morgan fingerprint density at radius 2 is 1.96 bits per heavy atom. The molecule has 1 aromatic carbocycles. The first-order chi connectivity index (χ1) is 11.6. The summed E-state index contributed by atoms with van der Waals surface area (Å²) in [6.07, 6.45) is 3.97. The zero-order valence-electron chi connectivity index (χ0n) is 14.8. The third kappa shape index (κ3) is 2.89. The first-order valence-electron chi connectivity index (χ1n) is 9.39. The van der Waals surface area contributed by atoms with Crippen LogP contribution in [-0.2, 0) is 11.3 Å². The van der Waals surface area contributed by atoms with Gasteiger partial charge in [0.2, 0.25) is 0 Å². The summed E-state index contributed by atoms with van der Waals surface area (Å²) in [5.41, 5.74) is 1.07. The van der Waals surface area contributed by atoms with Gasteiger partial charge >= 0.3 is 0 Å². The number of hydrogen-bond acceptors (Lipinski definition) is 3. The van der Waals surface area contributed by atoms with Gasteiger partial charge in [-0.15, -0.1) is 0 Å². The third-order valence-electron chi connectivity index (χ3n) is 6.46. The Labute approximate surface area is 144 Å². The number of piperidine rings is 1. The Morgan fingerprint density at radius 1 is 1.21 bits per heavy atom. The van der Waals surface area contributed by atoms with Gasteiger partial charge in [-0.2, -0.15) is 0 Å². The molecule has 1 aliphatic carbocycles. The molecule has 1 saturated carbocycles. The average Bonchev–Trinajstić information content (AvgIpc) is 3.03. The summed E-state index contributed by atoms with van der Waals surface area (Å²) in [7, 11) is 0. The molecule has 132 valence electrons. The van der Waals surface area contributed by atoms with Crippen LogP contribution < -0.4 is 5.32 Å². The van der Waals surface area contributed by atoms with Crippen molar-refractivity contribution in [3.8, 4) is 0 Å². The highest BCUT2D eigenvalue weighted by Gasteiger charge is 2.59. The summed E-state index contributed by atoms with van der Waals surface area (Å²) in [5.74, 6) is 0.623. The Kier molecular flexibility index (Phi) is 4.40. The van der Waals surface area contributed by atoms with E-state index in [1.54, 1.807) is 12.1 Å². The van der Waals surface area contributed by atoms with Gasteiger partial charge in [0.15, 0.2) is 0 Å². The van der Waals surface area contributed by atoms with Crippen LogP contribution in [0.4, 0.5) is 4.39 Å². The molecule has 24 heavy (non-hydrogen) atoms. The van der Waals surface area contributed by atoms with Crippen molar-refractivity contribution in [2.24, 2.45) is 11.3 Å².